The Bertz CT molecular complexity index is 1070. The Morgan fingerprint density at radius 1 is 1.00 bits per heavy atom. The molecule has 27 heavy (non-hydrogen) atoms. The topological polar surface area (TPSA) is 47.0 Å². The van der Waals surface area contributed by atoms with Crippen LogP contribution in [0.2, 0.25) is 0 Å². The van der Waals surface area contributed by atoms with E-state index in [9.17, 15) is 0 Å². The summed E-state index contributed by atoms with van der Waals surface area (Å²) < 4.78 is 5.46. The molecule has 0 amide bonds. The Morgan fingerprint density at radius 2 is 1.78 bits per heavy atom. The van der Waals surface area contributed by atoms with Gasteiger partial charge in [-0.2, -0.15) is 0 Å². The van der Waals surface area contributed by atoms with Gasteiger partial charge in [-0.15, -0.1) is 11.3 Å². The molecule has 0 saturated heterocycles. The van der Waals surface area contributed by atoms with Gasteiger partial charge in [-0.1, -0.05) is 50.2 Å². The fourth-order valence-electron chi connectivity index (χ4n) is 3.11. The maximum absolute atomic E-state index is 5.46. The molecular formula is C22H21N3OS. The smallest absolute Gasteiger partial charge is 0.143 e. The average Bonchev–Trinajstić information content (AvgIpc) is 3.14. The van der Waals surface area contributed by atoms with Crippen molar-refractivity contribution in [2.75, 3.05) is 12.4 Å². The molecule has 0 bridgehead atoms. The van der Waals surface area contributed by atoms with Crippen LogP contribution in [0, 0.1) is 0 Å². The lowest BCUT2D eigenvalue weighted by Crippen LogP contribution is -1.98. The van der Waals surface area contributed by atoms with E-state index in [2.05, 4.69) is 58.8 Å². The summed E-state index contributed by atoms with van der Waals surface area (Å²) in [5.74, 6) is 2.08. The predicted octanol–water partition coefficient (Wildman–Crippen LogP) is 6.23. The summed E-state index contributed by atoms with van der Waals surface area (Å²) >= 11 is 1.63. The van der Waals surface area contributed by atoms with E-state index in [1.807, 2.05) is 24.3 Å². The highest BCUT2D eigenvalue weighted by Gasteiger charge is 2.14. The van der Waals surface area contributed by atoms with Crippen LogP contribution in [-0.2, 0) is 0 Å². The molecule has 4 aromatic rings. The molecule has 0 aliphatic carbocycles. The number of rotatable bonds is 5. The number of para-hydroxylation sites is 2. The number of methoxy groups -OCH3 is 1. The number of aromatic nitrogens is 2. The first-order valence-electron chi connectivity index (χ1n) is 8.90. The van der Waals surface area contributed by atoms with Gasteiger partial charge < -0.3 is 10.1 Å². The van der Waals surface area contributed by atoms with Crippen LogP contribution in [-0.4, -0.2) is 17.1 Å². The van der Waals surface area contributed by atoms with Gasteiger partial charge in [-0.3, -0.25) is 0 Å². The van der Waals surface area contributed by atoms with Gasteiger partial charge in [0.1, 0.15) is 22.7 Å². The largest absolute Gasteiger partial charge is 0.495 e. The monoisotopic (exact) mass is 375 g/mol. The Labute approximate surface area is 162 Å². The third kappa shape index (κ3) is 3.38. The van der Waals surface area contributed by atoms with E-state index < -0.39 is 0 Å². The summed E-state index contributed by atoms with van der Waals surface area (Å²) in [6.07, 6.45) is 1.60. The Balaban J connectivity index is 1.80. The Kier molecular flexibility index (Phi) is 4.77. The SMILES string of the molecule is COc1ccccc1Nc1ncnc2scc(-c3ccc(C(C)C)cc3)c12. The van der Waals surface area contributed by atoms with Crippen molar-refractivity contribution in [2.45, 2.75) is 19.8 Å². The maximum atomic E-state index is 5.46. The zero-order valence-corrected chi connectivity index (χ0v) is 16.4. The summed E-state index contributed by atoms with van der Waals surface area (Å²) in [6, 6.07) is 16.6. The maximum Gasteiger partial charge on any atom is 0.143 e. The first-order valence-corrected chi connectivity index (χ1v) is 9.78. The highest BCUT2D eigenvalue weighted by molar-refractivity contribution is 7.17. The summed E-state index contributed by atoms with van der Waals surface area (Å²) in [7, 11) is 1.67. The second-order valence-electron chi connectivity index (χ2n) is 6.65. The number of ether oxygens (including phenoxy) is 1. The number of hydrogen-bond acceptors (Lipinski definition) is 5. The summed E-state index contributed by atoms with van der Waals surface area (Å²) in [5, 5.41) is 6.61. The van der Waals surface area contributed by atoms with Gasteiger partial charge in [-0.05, 0) is 29.2 Å². The molecule has 0 aliphatic rings. The minimum atomic E-state index is 0.518. The molecule has 2 heterocycles. The van der Waals surface area contributed by atoms with E-state index in [0.29, 0.717) is 5.92 Å². The van der Waals surface area contributed by atoms with E-state index in [-0.39, 0.29) is 0 Å². The van der Waals surface area contributed by atoms with Gasteiger partial charge in [-0.25, -0.2) is 9.97 Å². The number of thiophene rings is 1. The van der Waals surface area contributed by atoms with Crippen LogP contribution in [0.3, 0.4) is 0 Å². The van der Waals surface area contributed by atoms with Gasteiger partial charge in [0.25, 0.3) is 0 Å². The molecule has 0 fully saturated rings. The minimum Gasteiger partial charge on any atom is -0.495 e. The van der Waals surface area contributed by atoms with Crippen LogP contribution in [0.4, 0.5) is 11.5 Å². The summed E-state index contributed by atoms with van der Waals surface area (Å²) in [4.78, 5) is 9.93. The number of fused-ring (bicyclic) bond motifs is 1. The molecule has 4 nitrogen and oxygen atoms in total. The molecule has 0 unspecified atom stereocenters. The third-order valence-corrected chi connectivity index (χ3v) is 5.50. The Morgan fingerprint density at radius 3 is 2.52 bits per heavy atom. The number of hydrogen-bond donors (Lipinski definition) is 1. The summed E-state index contributed by atoms with van der Waals surface area (Å²) in [5.41, 5.74) is 4.53. The molecule has 0 aliphatic heterocycles. The van der Waals surface area contributed by atoms with Crippen molar-refractivity contribution in [1.29, 1.82) is 0 Å². The van der Waals surface area contributed by atoms with Crippen molar-refractivity contribution in [2.24, 2.45) is 0 Å². The van der Waals surface area contributed by atoms with E-state index in [4.69, 9.17) is 4.74 Å². The predicted molar refractivity (Wildman–Crippen MR) is 113 cm³/mol. The van der Waals surface area contributed by atoms with Crippen molar-refractivity contribution in [3.63, 3.8) is 0 Å². The lowest BCUT2D eigenvalue weighted by molar-refractivity contribution is 0.417. The number of nitrogens with zero attached hydrogens (tertiary/aromatic N) is 2. The quantitative estimate of drug-likeness (QED) is 0.449. The van der Waals surface area contributed by atoms with Crippen LogP contribution >= 0.6 is 11.3 Å². The van der Waals surface area contributed by atoms with Gasteiger partial charge in [0.05, 0.1) is 18.2 Å². The fraction of sp³-hybridized carbons (Fsp3) is 0.182. The van der Waals surface area contributed by atoms with Crippen LogP contribution in [0.25, 0.3) is 21.3 Å². The first-order chi connectivity index (χ1) is 13.2. The lowest BCUT2D eigenvalue weighted by atomic mass is 9.99. The number of benzene rings is 2. The van der Waals surface area contributed by atoms with Crippen LogP contribution in [0.1, 0.15) is 25.3 Å². The van der Waals surface area contributed by atoms with Crippen molar-refractivity contribution in [3.05, 3.63) is 65.8 Å². The molecule has 1 N–H and O–H groups in total. The van der Waals surface area contributed by atoms with Gasteiger partial charge in [0.2, 0.25) is 0 Å². The first kappa shape index (κ1) is 17.5. The van der Waals surface area contributed by atoms with Gasteiger partial charge in [0, 0.05) is 10.9 Å². The van der Waals surface area contributed by atoms with Crippen molar-refractivity contribution in [1.82, 2.24) is 9.97 Å². The van der Waals surface area contributed by atoms with Crippen LogP contribution in [0.15, 0.2) is 60.2 Å². The zero-order chi connectivity index (χ0) is 18.8. The van der Waals surface area contributed by atoms with Crippen LogP contribution < -0.4 is 10.1 Å². The van der Waals surface area contributed by atoms with E-state index in [0.717, 1.165) is 33.0 Å². The summed E-state index contributed by atoms with van der Waals surface area (Å²) in [6.45, 7) is 4.41. The third-order valence-electron chi connectivity index (χ3n) is 4.62. The Hall–Kier alpha value is -2.92. The molecular weight excluding hydrogens is 354 g/mol. The number of anilines is 2. The minimum absolute atomic E-state index is 0.518. The van der Waals surface area contributed by atoms with Crippen molar-refractivity contribution >= 4 is 33.1 Å². The van der Waals surface area contributed by atoms with Crippen LogP contribution in [0.5, 0.6) is 5.75 Å². The molecule has 4 rings (SSSR count). The molecule has 0 radical (unpaired) electrons. The number of nitrogens with one attached hydrogen (secondary N) is 1. The average molecular weight is 375 g/mol. The van der Waals surface area contributed by atoms with Crippen molar-refractivity contribution in [3.8, 4) is 16.9 Å². The highest BCUT2D eigenvalue weighted by atomic mass is 32.1. The molecule has 2 aromatic heterocycles. The second-order valence-corrected chi connectivity index (χ2v) is 7.51. The normalized spacial score (nSPS) is 11.1. The van der Waals surface area contributed by atoms with E-state index in [1.165, 1.54) is 11.1 Å². The molecule has 136 valence electrons. The molecule has 2 aromatic carbocycles. The van der Waals surface area contributed by atoms with Gasteiger partial charge >= 0.3 is 0 Å². The van der Waals surface area contributed by atoms with Gasteiger partial charge in [0.15, 0.2) is 0 Å². The molecule has 0 atom stereocenters. The molecule has 0 spiro atoms. The standard InChI is InChI=1S/C22H21N3OS/c1-14(2)15-8-10-16(11-9-15)17-12-27-22-20(17)21(23-13-24-22)25-18-6-4-5-7-19(18)26-3/h4-14H,1-3H3,(H,23,24,25). The molecule has 0 saturated carbocycles. The fourth-order valence-corrected chi connectivity index (χ4v) is 4.02. The van der Waals surface area contributed by atoms with Crippen molar-refractivity contribution < 1.29 is 4.74 Å². The molecule has 5 heteroatoms. The van der Waals surface area contributed by atoms with E-state index in [1.54, 1.807) is 24.8 Å². The highest BCUT2D eigenvalue weighted by Crippen LogP contribution is 2.38. The lowest BCUT2D eigenvalue weighted by Gasteiger charge is -2.12. The van der Waals surface area contributed by atoms with E-state index >= 15 is 0 Å². The second kappa shape index (κ2) is 7.37. The zero-order valence-electron chi connectivity index (χ0n) is 15.6.